The minimum absolute atomic E-state index is 0.326. The Bertz CT molecular complexity index is 566. The highest BCUT2D eigenvalue weighted by Gasteiger charge is 2.04. The largest absolute Gasteiger partial charge is 0.379 e. The van der Waals surface area contributed by atoms with Crippen LogP contribution in [0.3, 0.4) is 0 Å². The Balaban J connectivity index is 2.13. The van der Waals surface area contributed by atoms with Crippen molar-refractivity contribution in [3.05, 3.63) is 63.9 Å². The molecule has 2 aromatic rings. The van der Waals surface area contributed by atoms with Gasteiger partial charge in [-0.1, -0.05) is 35.4 Å². The van der Waals surface area contributed by atoms with E-state index in [9.17, 15) is 4.39 Å². The SMILES string of the molecule is Cc1ccc(C)c(CNc2ccc(Cl)cc2F)c1. The fourth-order valence-electron chi connectivity index (χ4n) is 1.81. The summed E-state index contributed by atoms with van der Waals surface area (Å²) in [6.45, 7) is 4.70. The molecule has 0 aliphatic heterocycles. The van der Waals surface area contributed by atoms with E-state index < -0.39 is 0 Å². The number of rotatable bonds is 3. The lowest BCUT2D eigenvalue weighted by molar-refractivity contribution is 0.630. The molecular weight excluding hydrogens is 249 g/mol. The van der Waals surface area contributed by atoms with E-state index in [4.69, 9.17) is 11.6 Å². The molecule has 3 heteroatoms. The third-order valence-electron chi connectivity index (χ3n) is 2.91. The van der Waals surface area contributed by atoms with Crippen LogP contribution in [0, 0.1) is 19.7 Å². The van der Waals surface area contributed by atoms with Gasteiger partial charge in [0.1, 0.15) is 5.82 Å². The number of aryl methyl sites for hydroxylation is 2. The molecule has 0 amide bonds. The normalized spacial score (nSPS) is 10.4. The van der Waals surface area contributed by atoms with Gasteiger partial charge in [-0.05, 0) is 43.2 Å². The standard InChI is InChI=1S/C15H15ClFN/c1-10-3-4-11(2)12(7-10)9-18-15-6-5-13(16)8-14(15)17/h3-8,18H,9H2,1-2H3. The van der Waals surface area contributed by atoms with Crippen LogP contribution in [0.1, 0.15) is 16.7 Å². The molecule has 0 unspecified atom stereocenters. The van der Waals surface area contributed by atoms with Crippen molar-refractivity contribution in [2.75, 3.05) is 5.32 Å². The molecule has 1 nitrogen and oxygen atoms in total. The lowest BCUT2D eigenvalue weighted by Gasteiger charge is -2.11. The van der Waals surface area contributed by atoms with Gasteiger partial charge >= 0.3 is 0 Å². The topological polar surface area (TPSA) is 12.0 Å². The highest BCUT2D eigenvalue weighted by atomic mass is 35.5. The van der Waals surface area contributed by atoms with Crippen molar-refractivity contribution in [3.8, 4) is 0 Å². The quantitative estimate of drug-likeness (QED) is 0.846. The average Bonchev–Trinajstić information content (AvgIpc) is 2.32. The van der Waals surface area contributed by atoms with Crippen LogP contribution in [0.15, 0.2) is 36.4 Å². The van der Waals surface area contributed by atoms with E-state index in [1.54, 1.807) is 12.1 Å². The molecule has 2 aromatic carbocycles. The summed E-state index contributed by atoms with van der Waals surface area (Å²) in [5, 5.41) is 3.50. The van der Waals surface area contributed by atoms with Crippen molar-refractivity contribution in [1.82, 2.24) is 0 Å². The van der Waals surface area contributed by atoms with Gasteiger partial charge < -0.3 is 5.32 Å². The van der Waals surface area contributed by atoms with Gasteiger partial charge in [-0.2, -0.15) is 0 Å². The van der Waals surface area contributed by atoms with Crippen LogP contribution in [0.25, 0.3) is 0 Å². The molecule has 0 aliphatic carbocycles. The third-order valence-corrected chi connectivity index (χ3v) is 3.14. The molecule has 2 rings (SSSR count). The Kier molecular flexibility index (Phi) is 3.87. The fourth-order valence-corrected chi connectivity index (χ4v) is 1.97. The Morgan fingerprint density at radius 2 is 1.89 bits per heavy atom. The molecule has 94 valence electrons. The summed E-state index contributed by atoms with van der Waals surface area (Å²) < 4.78 is 13.6. The molecule has 0 saturated heterocycles. The van der Waals surface area contributed by atoms with Gasteiger partial charge in [0.15, 0.2) is 0 Å². The molecule has 0 aliphatic rings. The second kappa shape index (κ2) is 5.40. The van der Waals surface area contributed by atoms with E-state index in [2.05, 4.69) is 30.4 Å². The number of benzene rings is 2. The van der Waals surface area contributed by atoms with E-state index in [1.807, 2.05) is 6.92 Å². The van der Waals surface area contributed by atoms with Gasteiger partial charge in [0.05, 0.1) is 5.69 Å². The van der Waals surface area contributed by atoms with Crippen molar-refractivity contribution >= 4 is 17.3 Å². The third kappa shape index (κ3) is 3.02. The molecule has 0 heterocycles. The minimum Gasteiger partial charge on any atom is -0.379 e. The zero-order valence-electron chi connectivity index (χ0n) is 10.4. The maximum Gasteiger partial charge on any atom is 0.147 e. The van der Waals surface area contributed by atoms with Crippen LogP contribution in [0.5, 0.6) is 0 Å². The number of anilines is 1. The Morgan fingerprint density at radius 1 is 1.11 bits per heavy atom. The van der Waals surface area contributed by atoms with Crippen molar-refractivity contribution in [1.29, 1.82) is 0 Å². The van der Waals surface area contributed by atoms with Crippen molar-refractivity contribution < 1.29 is 4.39 Å². The van der Waals surface area contributed by atoms with E-state index in [-0.39, 0.29) is 5.82 Å². The summed E-state index contributed by atoms with van der Waals surface area (Å²) in [5.41, 5.74) is 4.04. The zero-order valence-corrected chi connectivity index (χ0v) is 11.2. The molecule has 18 heavy (non-hydrogen) atoms. The summed E-state index contributed by atoms with van der Waals surface area (Å²) in [4.78, 5) is 0. The minimum atomic E-state index is -0.326. The molecule has 0 atom stereocenters. The molecule has 1 N–H and O–H groups in total. The van der Waals surface area contributed by atoms with E-state index >= 15 is 0 Å². The fraction of sp³-hybridized carbons (Fsp3) is 0.200. The molecular formula is C15H15ClFN. The molecule has 0 radical (unpaired) electrons. The Labute approximate surface area is 112 Å². The van der Waals surface area contributed by atoms with Gasteiger partial charge in [-0.15, -0.1) is 0 Å². The smallest absolute Gasteiger partial charge is 0.147 e. The van der Waals surface area contributed by atoms with E-state index in [0.717, 1.165) is 0 Å². The number of hydrogen-bond acceptors (Lipinski definition) is 1. The van der Waals surface area contributed by atoms with Crippen LogP contribution in [0.2, 0.25) is 5.02 Å². The first-order chi connectivity index (χ1) is 8.56. The van der Waals surface area contributed by atoms with Crippen LogP contribution < -0.4 is 5.32 Å². The zero-order chi connectivity index (χ0) is 13.1. The number of halogens is 2. The molecule has 0 saturated carbocycles. The predicted molar refractivity (Wildman–Crippen MR) is 74.7 cm³/mol. The number of hydrogen-bond donors (Lipinski definition) is 1. The maximum atomic E-state index is 13.6. The van der Waals surface area contributed by atoms with Crippen molar-refractivity contribution in [2.45, 2.75) is 20.4 Å². The summed E-state index contributed by atoms with van der Waals surface area (Å²) in [6.07, 6.45) is 0. The van der Waals surface area contributed by atoms with Crippen LogP contribution >= 0.6 is 11.6 Å². The summed E-state index contributed by atoms with van der Waals surface area (Å²) >= 11 is 5.71. The van der Waals surface area contributed by atoms with Gasteiger partial charge in [0, 0.05) is 11.6 Å². The predicted octanol–water partition coefficient (Wildman–Crippen LogP) is 4.71. The van der Waals surface area contributed by atoms with Gasteiger partial charge in [-0.3, -0.25) is 0 Å². The first-order valence-electron chi connectivity index (χ1n) is 5.81. The molecule has 0 aromatic heterocycles. The summed E-state index contributed by atoms with van der Waals surface area (Å²) in [6, 6.07) is 10.9. The second-order valence-corrected chi connectivity index (χ2v) is 4.84. The molecule has 0 spiro atoms. The summed E-state index contributed by atoms with van der Waals surface area (Å²) in [5.74, 6) is -0.326. The van der Waals surface area contributed by atoms with Gasteiger partial charge in [0.2, 0.25) is 0 Å². The highest BCUT2D eigenvalue weighted by molar-refractivity contribution is 6.30. The van der Waals surface area contributed by atoms with Crippen molar-refractivity contribution in [2.24, 2.45) is 0 Å². The summed E-state index contributed by atoms with van der Waals surface area (Å²) in [7, 11) is 0. The van der Waals surface area contributed by atoms with E-state index in [0.29, 0.717) is 17.3 Å². The molecule has 0 bridgehead atoms. The molecule has 0 fully saturated rings. The Hall–Kier alpha value is -1.54. The van der Waals surface area contributed by atoms with Crippen LogP contribution in [-0.4, -0.2) is 0 Å². The van der Waals surface area contributed by atoms with Gasteiger partial charge in [-0.25, -0.2) is 4.39 Å². The first kappa shape index (κ1) is 12.9. The number of nitrogens with one attached hydrogen (secondary N) is 1. The average molecular weight is 264 g/mol. The monoisotopic (exact) mass is 263 g/mol. The lowest BCUT2D eigenvalue weighted by Crippen LogP contribution is -2.03. The highest BCUT2D eigenvalue weighted by Crippen LogP contribution is 2.20. The van der Waals surface area contributed by atoms with E-state index in [1.165, 1.54) is 22.8 Å². The Morgan fingerprint density at radius 3 is 2.61 bits per heavy atom. The first-order valence-corrected chi connectivity index (χ1v) is 6.19. The lowest BCUT2D eigenvalue weighted by atomic mass is 10.1. The van der Waals surface area contributed by atoms with Crippen LogP contribution in [0.4, 0.5) is 10.1 Å². The van der Waals surface area contributed by atoms with Gasteiger partial charge in [0.25, 0.3) is 0 Å². The maximum absolute atomic E-state index is 13.6. The second-order valence-electron chi connectivity index (χ2n) is 4.41. The van der Waals surface area contributed by atoms with Crippen molar-refractivity contribution in [3.63, 3.8) is 0 Å². The van der Waals surface area contributed by atoms with Crippen LogP contribution in [-0.2, 0) is 6.54 Å².